The number of nitrogens with one attached hydrogen (secondary N) is 1. The van der Waals surface area contributed by atoms with Crippen LogP contribution in [0.5, 0.6) is 0 Å². The van der Waals surface area contributed by atoms with Gasteiger partial charge in [-0.25, -0.2) is 4.99 Å². The average Bonchev–Trinajstić information content (AvgIpc) is 3.67. The summed E-state index contributed by atoms with van der Waals surface area (Å²) in [6.45, 7) is 4.68. The maximum Gasteiger partial charge on any atom is 0.143 e. The summed E-state index contributed by atoms with van der Waals surface area (Å²) >= 11 is 0. The van der Waals surface area contributed by atoms with E-state index in [1.54, 1.807) is 0 Å². The van der Waals surface area contributed by atoms with Crippen LogP contribution in [0, 0.1) is 0 Å². The number of benzene rings is 9. The van der Waals surface area contributed by atoms with E-state index in [0.29, 0.717) is 0 Å². The monoisotopic (exact) mass is 782 g/mol. The van der Waals surface area contributed by atoms with Gasteiger partial charge in [-0.15, -0.1) is 0 Å². The van der Waals surface area contributed by atoms with Gasteiger partial charge in [0.2, 0.25) is 0 Å². The normalized spacial score (nSPS) is 15.6. The highest BCUT2D eigenvalue weighted by Crippen LogP contribution is 2.49. The van der Waals surface area contributed by atoms with E-state index >= 15 is 0 Å². The van der Waals surface area contributed by atoms with Crippen LogP contribution in [-0.2, 0) is 5.41 Å². The maximum atomic E-state index is 7.00. The first-order chi connectivity index (χ1) is 30.0. The highest BCUT2D eigenvalue weighted by molar-refractivity contribution is 6.18. The smallest absolute Gasteiger partial charge is 0.143 e. The third kappa shape index (κ3) is 5.76. The van der Waals surface area contributed by atoms with Crippen LogP contribution < -0.4 is 5.32 Å². The standard InChI is InChI=1S/C58H42N2O/c1-58(2)50-22-11-10-20-46(50)47-28-27-42(34-51(47)58)57-59-52(39-14-4-3-5-15-39)31-32-53(60-57)48-30-29-45(56-55(48)49-33-40-16-6-7-17-41(40)35-54(49)61-56)38-25-23-37(24-26-38)44-21-12-18-36-13-8-9-19-43(36)44/h3-30,32-35,52H,31H2,1-2H3,(H,59,60). The lowest BCUT2D eigenvalue weighted by atomic mass is 9.82. The number of nitrogens with zero attached hydrogens (tertiary/aromatic N) is 1. The largest absolute Gasteiger partial charge is 0.455 e. The number of hydrogen-bond acceptors (Lipinski definition) is 3. The Bertz CT molecular complexity index is 3440. The van der Waals surface area contributed by atoms with E-state index in [9.17, 15) is 0 Å². The zero-order valence-corrected chi connectivity index (χ0v) is 34.1. The molecular formula is C58H42N2O. The van der Waals surface area contributed by atoms with E-state index < -0.39 is 0 Å². The van der Waals surface area contributed by atoms with Crippen LogP contribution in [0.15, 0.2) is 204 Å². The number of aliphatic imine (C=N–C) groups is 1. The van der Waals surface area contributed by atoms with E-state index in [2.05, 4.69) is 213 Å². The zero-order valence-electron chi connectivity index (χ0n) is 34.1. The molecule has 3 heteroatoms. The summed E-state index contributed by atoms with van der Waals surface area (Å²) in [5, 5.41) is 10.9. The van der Waals surface area contributed by atoms with Crippen LogP contribution in [0.4, 0.5) is 0 Å². The van der Waals surface area contributed by atoms with Gasteiger partial charge >= 0.3 is 0 Å². The minimum absolute atomic E-state index is 0.0379. The first kappa shape index (κ1) is 35.5. The minimum Gasteiger partial charge on any atom is -0.455 e. The molecule has 1 N–H and O–H groups in total. The van der Waals surface area contributed by atoms with Crippen LogP contribution in [0.1, 0.15) is 54.1 Å². The van der Waals surface area contributed by atoms with E-state index in [1.807, 2.05) is 0 Å². The highest BCUT2D eigenvalue weighted by atomic mass is 16.3. The van der Waals surface area contributed by atoms with Crippen LogP contribution in [0.3, 0.4) is 0 Å². The average molecular weight is 783 g/mol. The van der Waals surface area contributed by atoms with Gasteiger partial charge in [-0.2, -0.15) is 0 Å². The SMILES string of the molecule is CC1(C)c2ccccc2-c2ccc(C3=NC(c4ccc(-c5ccc(-c6cccc7ccccc67)cc5)c5oc6cc7ccccc7cc6c45)=CCC(c4ccccc4)N3)cc21. The van der Waals surface area contributed by atoms with Crippen molar-refractivity contribution in [1.82, 2.24) is 5.32 Å². The van der Waals surface area contributed by atoms with Crippen molar-refractivity contribution in [3.63, 3.8) is 0 Å². The van der Waals surface area contributed by atoms with Gasteiger partial charge < -0.3 is 9.73 Å². The Hall–Kier alpha value is -7.49. The fourth-order valence-corrected chi connectivity index (χ4v) is 10.0. The second kappa shape index (κ2) is 13.8. The van der Waals surface area contributed by atoms with Gasteiger partial charge in [0.15, 0.2) is 0 Å². The quantitative estimate of drug-likeness (QED) is 0.189. The van der Waals surface area contributed by atoms with Crippen molar-refractivity contribution < 1.29 is 4.42 Å². The van der Waals surface area contributed by atoms with Gasteiger partial charge in [0.25, 0.3) is 0 Å². The molecule has 1 aliphatic carbocycles. The lowest BCUT2D eigenvalue weighted by molar-refractivity contribution is 0.657. The molecule has 2 aliphatic rings. The van der Waals surface area contributed by atoms with Gasteiger partial charge in [-0.05, 0) is 96.7 Å². The van der Waals surface area contributed by atoms with Crippen LogP contribution in [-0.4, -0.2) is 5.84 Å². The van der Waals surface area contributed by atoms with Gasteiger partial charge in [-0.3, -0.25) is 0 Å². The second-order valence-electron chi connectivity index (χ2n) is 17.1. The molecule has 0 amide bonds. The summed E-state index contributed by atoms with van der Waals surface area (Å²) in [7, 11) is 0. The Morgan fingerprint density at radius 2 is 1.13 bits per heavy atom. The molecule has 0 bridgehead atoms. The Morgan fingerprint density at radius 3 is 1.97 bits per heavy atom. The molecule has 1 unspecified atom stereocenters. The molecule has 0 spiro atoms. The number of fused-ring (bicyclic) bond motifs is 8. The summed E-state index contributed by atoms with van der Waals surface area (Å²) in [5.41, 5.74) is 15.8. The van der Waals surface area contributed by atoms with Crippen LogP contribution in [0.2, 0.25) is 0 Å². The van der Waals surface area contributed by atoms with E-state index in [0.717, 1.165) is 67.5 Å². The molecule has 290 valence electrons. The first-order valence-corrected chi connectivity index (χ1v) is 21.3. The summed E-state index contributed by atoms with van der Waals surface area (Å²) in [4.78, 5) is 5.61. The Morgan fingerprint density at radius 1 is 0.508 bits per heavy atom. The number of hydrogen-bond donors (Lipinski definition) is 1. The van der Waals surface area contributed by atoms with Crippen molar-refractivity contribution in [1.29, 1.82) is 0 Å². The van der Waals surface area contributed by atoms with Crippen LogP contribution in [0.25, 0.3) is 82.6 Å². The molecule has 0 saturated carbocycles. The van der Waals surface area contributed by atoms with E-state index in [-0.39, 0.29) is 11.5 Å². The van der Waals surface area contributed by atoms with Crippen molar-refractivity contribution in [2.24, 2.45) is 4.99 Å². The molecule has 0 fully saturated rings. The maximum absolute atomic E-state index is 7.00. The van der Waals surface area contributed by atoms with Gasteiger partial charge in [0.05, 0.1) is 11.7 Å². The Balaban J connectivity index is 1.04. The fraction of sp³-hybridized carbons (Fsp3) is 0.0862. The molecule has 3 nitrogen and oxygen atoms in total. The fourth-order valence-electron chi connectivity index (χ4n) is 10.0. The third-order valence-electron chi connectivity index (χ3n) is 13.2. The highest BCUT2D eigenvalue weighted by Gasteiger charge is 2.36. The first-order valence-electron chi connectivity index (χ1n) is 21.3. The number of amidine groups is 1. The summed E-state index contributed by atoms with van der Waals surface area (Å²) in [5.74, 6) is 0.867. The molecule has 61 heavy (non-hydrogen) atoms. The molecule has 0 saturated heterocycles. The molecular weight excluding hydrogens is 741 g/mol. The molecule has 1 atom stereocenters. The van der Waals surface area contributed by atoms with Crippen LogP contribution >= 0.6 is 0 Å². The summed E-state index contributed by atoms with van der Waals surface area (Å²) in [6, 6.07) is 68.1. The molecule has 1 aliphatic heterocycles. The lowest BCUT2D eigenvalue weighted by Crippen LogP contribution is -2.28. The number of furan rings is 1. The van der Waals surface area contributed by atoms with Gasteiger partial charge in [-0.1, -0.05) is 184 Å². The zero-order chi connectivity index (χ0) is 40.7. The predicted molar refractivity (Wildman–Crippen MR) is 255 cm³/mol. The Labute approximate surface area is 355 Å². The summed E-state index contributed by atoms with van der Waals surface area (Å²) in [6.07, 6.45) is 3.09. The van der Waals surface area contributed by atoms with Crippen molar-refractivity contribution in [2.45, 2.75) is 31.7 Å². The lowest BCUT2D eigenvalue weighted by Gasteiger charge is -2.23. The predicted octanol–water partition coefficient (Wildman–Crippen LogP) is 15.1. The molecule has 10 aromatic rings. The van der Waals surface area contributed by atoms with E-state index in [4.69, 9.17) is 9.41 Å². The second-order valence-corrected chi connectivity index (χ2v) is 17.1. The van der Waals surface area contributed by atoms with Crippen molar-refractivity contribution in [3.05, 3.63) is 222 Å². The van der Waals surface area contributed by atoms with Gasteiger partial charge in [0.1, 0.15) is 17.0 Å². The molecule has 9 aromatic carbocycles. The molecule has 2 heterocycles. The summed E-state index contributed by atoms with van der Waals surface area (Å²) < 4.78 is 7.00. The van der Waals surface area contributed by atoms with Crippen molar-refractivity contribution in [2.75, 3.05) is 0 Å². The van der Waals surface area contributed by atoms with E-state index in [1.165, 1.54) is 55.1 Å². The third-order valence-corrected chi connectivity index (χ3v) is 13.2. The molecule has 1 aromatic heterocycles. The topological polar surface area (TPSA) is 37.5 Å². The Kier molecular flexibility index (Phi) is 8.02. The van der Waals surface area contributed by atoms with Gasteiger partial charge in [0, 0.05) is 32.9 Å². The number of rotatable bonds is 5. The minimum atomic E-state index is -0.127. The van der Waals surface area contributed by atoms with Crippen molar-refractivity contribution in [3.8, 4) is 33.4 Å². The van der Waals surface area contributed by atoms with Crippen molar-refractivity contribution >= 4 is 55.0 Å². The molecule has 12 rings (SSSR count). The molecule has 0 radical (unpaired) electrons.